The number of fused-ring (bicyclic) bond motifs is 1. The fourth-order valence-electron chi connectivity index (χ4n) is 4.01. The smallest absolute Gasteiger partial charge is 0.408 e. The van der Waals surface area contributed by atoms with Crippen LogP contribution in [0.2, 0.25) is 0 Å². The molecule has 0 aromatic heterocycles. The Bertz CT molecular complexity index is 888. The number of aliphatic carboxylic acids is 1. The van der Waals surface area contributed by atoms with Gasteiger partial charge in [-0.25, -0.2) is 9.59 Å². The highest BCUT2D eigenvalue weighted by Crippen LogP contribution is 2.41. The monoisotopic (exact) mass is 449 g/mol. The maximum Gasteiger partial charge on any atom is 0.408 e. The first-order chi connectivity index (χ1) is 14.5. The lowest BCUT2D eigenvalue weighted by Gasteiger charge is -2.51. The lowest BCUT2D eigenvalue weighted by Crippen LogP contribution is -2.73. The number of alkyl carbamates (subject to hydrolysis) is 1. The average Bonchev–Trinajstić information content (AvgIpc) is 3.43. The van der Waals surface area contributed by atoms with Gasteiger partial charge in [0, 0.05) is 18.7 Å². The Morgan fingerprint density at radius 1 is 1.32 bits per heavy atom. The summed E-state index contributed by atoms with van der Waals surface area (Å²) >= 11 is 1.26. The van der Waals surface area contributed by atoms with Crippen LogP contribution in [0.5, 0.6) is 0 Å². The first kappa shape index (κ1) is 21.7. The summed E-state index contributed by atoms with van der Waals surface area (Å²) in [4.78, 5) is 52.5. The van der Waals surface area contributed by atoms with Crippen LogP contribution in [-0.4, -0.2) is 74.9 Å². The van der Waals surface area contributed by atoms with E-state index in [4.69, 9.17) is 4.74 Å². The highest BCUT2D eigenvalue weighted by atomic mass is 32.2. The van der Waals surface area contributed by atoms with Gasteiger partial charge in [0.05, 0.1) is 0 Å². The minimum absolute atomic E-state index is 0.0523. The summed E-state index contributed by atoms with van der Waals surface area (Å²) in [6.07, 6.45) is 3.78. The summed E-state index contributed by atoms with van der Waals surface area (Å²) < 4.78 is 5.20. The van der Waals surface area contributed by atoms with Gasteiger partial charge in [-0.2, -0.15) is 0 Å². The average molecular weight is 450 g/mol. The molecule has 31 heavy (non-hydrogen) atoms. The quantitative estimate of drug-likeness (QED) is 0.485. The van der Waals surface area contributed by atoms with Gasteiger partial charge < -0.3 is 25.0 Å². The van der Waals surface area contributed by atoms with Crippen molar-refractivity contribution in [3.05, 3.63) is 22.6 Å². The molecule has 4 rings (SSSR count). The second-order valence-corrected chi connectivity index (χ2v) is 10.4. The van der Waals surface area contributed by atoms with Gasteiger partial charge in [-0.1, -0.05) is 0 Å². The zero-order valence-corrected chi connectivity index (χ0v) is 18.6. The summed E-state index contributed by atoms with van der Waals surface area (Å²) in [5, 5.41) is 13.5. The Morgan fingerprint density at radius 2 is 2.03 bits per heavy atom. The Morgan fingerprint density at radius 3 is 2.65 bits per heavy atom. The zero-order chi connectivity index (χ0) is 22.5. The normalized spacial score (nSPS) is 29.5. The van der Waals surface area contributed by atoms with Gasteiger partial charge in [0.2, 0.25) is 11.8 Å². The third-order valence-corrected chi connectivity index (χ3v) is 6.84. The molecule has 0 unspecified atom stereocenters. The van der Waals surface area contributed by atoms with Crippen molar-refractivity contribution in [1.82, 2.24) is 15.1 Å². The molecular weight excluding hydrogens is 422 g/mol. The van der Waals surface area contributed by atoms with Crippen LogP contribution in [0.25, 0.3) is 0 Å². The molecule has 3 fully saturated rings. The number of thioether (sulfide) groups is 1. The van der Waals surface area contributed by atoms with Gasteiger partial charge >= 0.3 is 12.1 Å². The molecule has 3 aliphatic heterocycles. The summed E-state index contributed by atoms with van der Waals surface area (Å²) in [5.74, 6) is -1.11. The zero-order valence-electron chi connectivity index (χ0n) is 17.8. The fraction of sp³-hybridized carbons (Fsp3) is 0.619. The maximum absolute atomic E-state index is 12.7. The predicted molar refractivity (Wildman–Crippen MR) is 113 cm³/mol. The number of carbonyl (C=O) groups is 4. The van der Waals surface area contributed by atoms with E-state index in [9.17, 15) is 24.3 Å². The molecular formula is C21H27N3O6S. The lowest BCUT2D eigenvalue weighted by atomic mass is 9.96. The van der Waals surface area contributed by atoms with Crippen molar-refractivity contribution in [2.75, 3.05) is 13.1 Å². The minimum Gasteiger partial charge on any atom is -0.479 e. The molecule has 0 bridgehead atoms. The van der Waals surface area contributed by atoms with E-state index in [-0.39, 0.29) is 5.91 Å². The van der Waals surface area contributed by atoms with Crippen molar-refractivity contribution in [1.29, 1.82) is 0 Å². The van der Waals surface area contributed by atoms with Crippen LogP contribution >= 0.6 is 11.8 Å². The number of carbonyl (C=O) groups excluding carboxylic acids is 3. The number of nitrogens with zero attached hydrogens (tertiary/aromatic N) is 2. The van der Waals surface area contributed by atoms with Gasteiger partial charge in [0.25, 0.3) is 0 Å². The van der Waals surface area contributed by atoms with Gasteiger partial charge in [-0.3, -0.25) is 9.59 Å². The summed E-state index contributed by atoms with van der Waals surface area (Å²) in [7, 11) is 0. The van der Waals surface area contributed by atoms with Crippen LogP contribution in [0.15, 0.2) is 22.6 Å². The van der Waals surface area contributed by atoms with Gasteiger partial charge in [0.1, 0.15) is 17.0 Å². The highest BCUT2D eigenvalue weighted by molar-refractivity contribution is 8.03. The second-order valence-electron chi connectivity index (χ2n) is 9.37. The number of carboxylic acid groups (broad SMARTS) is 1. The Kier molecular flexibility index (Phi) is 5.53. The highest BCUT2D eigenvalue weighted by Gasteiger charge is 2.56. The largest absolute Gasteiger partial charge is 0.479 e. The number of ether oxygens (including phenoxy) is 1. The second kappa shape index (κ2) is 7.89. The van der Waals surface area contributed by atoms with E-state index in [1.807, 2.05) is 4.90 Å². The molecule has 0 aromatic carbocycles. The molecule has 9 nitrogen and oxygen atoms in total. The summed E-state index contributed by atoms with van der Waals surface area (Å²) in [6, 6.07) is -2.04. The molecule has 0 radical (unpaired) electrons. The van der Waals surface area contributed by atoms with Crippen LogP contribution in [-0.2, 0) is 19.1 Å². The molecule has 168 valence electrons. The molecule has 10 heteroatoms. The lowest BCUT2D eigenvalue weighted by molar-refractivity contribution is -0.158. The molecule has 0 aromatic rings. The Hall–Kier alpha value is -2.49. The molecule has 4 aliphatic rings. The van der Waals surface area contributed by atoms with E-state index < -0.39 is 41.0 Å². The van der Waals surface area contributed by atoms with E-state index in [0.29, 0.717) is 30.0 Å². The molecule has 2 saturated heterocycles. The van der Waals surface area contributed by atoms with Crippen molar-refractivity contribution >= 4 is 35.6 Å². The molecule has 0 spiro atoms. The van der Waals surface area contributed by atoms with E-state index in [1.165, 1.54) is 16.7 Å². The van der Waals surface area contributed by atoms with Crippen molar-refractivity contribution in [3.8, 4) is 0 Å². The molecule has 2 N–H and O–H groups in total. The fourth-order valence-corrected chi connectivity index (χ4v) is 5.20. The molecule has 1 saturated carbocycles. The first-order valence-corrected chi connectivity index (χ1v) is 11.4. The van der Waals surface area contributed by atoms with E-state index in [0.717, 1.165) is 19.4 Å². The summed E-state index contributed by atoms with van der Waals surface area (Å²) in [6.45, 7) is 6.56. The third-order valence-electron chi connectivity index (χ3n) is 5.65. The number of β-lactam (4-membered cyclic amide) rings is 1. The van der Waals surface area contributed by atoms with Gasteiger partial charge in [-0.05, 0) is 63.0 Å². The Balaban J connectivity index is 1.48. The minimum atomic E-state index is -1.19. The predicted octanol–water partition coefficient (Wildman–Crippen LogP) is 1.70. The SMILES string of the molecule is CC(C)(C)OC(=O)N[C@@H]1C(=O)N2[C@H](C(=O)O)C(/C=C3\CCN(CC4CC4)C3=O)=CS[C@H]12. The van der Waals surface area contributed by atoms with Gasteiger partial charge in [-0.15, -0.1) is 11.8 Å². The number of likely N-dealkylation sites (tertiary alicyclic amines) is 1. The Labute approximate surface area is 184 Å². The first-order valence-electron chi connectivity index (χ1n) is 10.4. The molecule has 1 aliphatic carbocycles. The van der Waals surface area contributed by atoms with Crippen LogP contribution in [0.3, 0.4) is 0 Å². The maximum atomic E-state index is 12.7. The topological polar surface area (TPSA) is 116 Å². The van der Waals surface area contributed by atoms with Crippen LogP contribution < -0.4 is 5.32 Å². The number of rotatable bonds is 5. The van der Waals surface area contributed by atoms with Crippen molar-refractivity contribution in [3.63, 3.8) is 0 Å². The van der Waals surface area contributed by atoms with Crippen LogP contribution in [0.1, 0.15) is 40.0 Å². The van der Waals surface area contributed by atoms with Crippen molar-refractivity contribution in [2.24, 2.45) is 5.92 Å². The van der Waals surface area contributed by atoms with E-state index in [2.05, 4.69) is 5.32 Å². The number of hydrogen-bond donors (Lipinski definition) is 2. The standard InChI is InChI=1S/C21H27N3O6S/c1-21(2,3)30-20(29)22-14-17(26)24-15(19(27)28)13(10-31-18(14)24)8-12-6-7-23(16(12)25)9-11-4-5-11/h8,10-11,14-15,18H,4-7,9H2,1-3H3,(H,22,29)(H,27,28)/b12-8+/t14-,15+,18-/m1/s1. The molecule has 3 atom stereocenters. The molecule has 3 amide bonds. The number of carboxylic acids is 1. The van der Waals surface area contributed by atoms with Crippen molar-refractivity contribution in [2.45, 2.75) is 63.1 Å². The van der Waals surface area contributed by atoms with E-state index >= 15 is 0 Å². The number of amides is 3. The van der Waals surface area contributed by atoms with Crippen LogP contribution in [0.4, 0.5) is 4.79 Å². The summed E-state index contributed by atoms with van der Waals surface area (Å²) in [5.41, 5.74) is 0.281. The van der Waals surface area contributed by atoms with E-state index in [1.54, 1.807) is 32.3 Å². The third kappa shape index (κ3) is 4.44. The number of hydrogen-bond acceptors (Lipinski definition) is 6. The van der Waals surface area contributed by atoms with Gasteiger partial charge in [0.15, 0.2) is 6.04 Å². The van der Waals surface area contributed by atoms with Crippen LogP contribution in [0, 0.1) is 5.92 Å². The molecule has 3 heterocycles. The van der Waals surface area contributed by atoms with Crippen molar-refractivity contribution < 1.29 is 29.0 Å². The number of nitrogens with one attached hydrogen (secondary N) is 1.